The number of hydrogen-bond acceptors (Lipinski definition) is 6. The molecule has 1 aliphatic rings. The zero-order chi connectivity index (χ0) is 16.6. The van der Waals surface area contributed by atoms with Gasteiger partial charge in [-0.15, -0.1) is 0 Å². The normalized spacial score (nSPS) is 15.0. The highest BCUT2D eigenvalue weighted by molar-refractivity contribution is 5.86. The van der Waals surface area contributed by atoms with E-state index in [1.54, 1.807) is 6.92 Å². The first-order chi connectivity index (χ1) is 10.9. The Kier molecular flexibility index (Phi) is 4.00. The van der Waals surface area contributed by atoms with Crippen LogP contribution >= 0.6 is 0 Å². The van der Waals surface area contributed by atoms with Crippen molar-refractivity contribution in [2.24, 2.45) is 5.41 Å². The van der Waals surface area contributed by atoms with E-state index in [0.717, 1.165) is 24.2 Å². The molecule has 6 heteroatoms. The van der Waals surface area contributed by atoms with Crippen molar-refractivity contribution >= 4 is 17.3 Å². The first kappa shape index (κ1) is 15.8. The summed E-state index contributed by atoms with van der Waals surface area (Å²) in [6, 6.07) is 1.82. The van der Waals surface area contributed by atoms with E-state index in [2.05, 4.69) is 30.9 Å². The second-order valence-corrected chi connectivity index (χ2v) is 7.15. The van der Waals surface area contributed by atoms with Crippen molar-refractivity contribution in [3.05, 3.63) is 17.5 Å². The highest BCUT2D eigenvalue weighted by atomic mass is 16.7. The zero-order valence-electron chi connectivity index (χ0n) is 14.0. The number of nitrogens with zero attached hydrogens (tertiary/aromatic N) is 2. The number of carbonyl (C=O) groups excluding carboxylic acids is 1. The Morgan fingerprint density at radius 3 is 2.74 bits per heavy atom. The minimum atomic E-state index is -0.718. The van der Waals surface area contributed by atoms with Gasteiger partial charge in [0.2, 0.25) is 0 Å². The first-order valence-electron chi connectivity index (χ1n) is 8.01. The molecule has 124 valence electrons. The van der Waals surface area contributed by atoms with Crippen LogP contribution in [-0.2, 0) is 11.2 Å². The number of fused-ring (bicyclic) bond motifs is 1. The van der Waals surface area contributed by atoms with E-state index in [4.69, 9.17) is 14.0 Å². The number of carbonyl (C=O) groups is 1. The first-order valence-corrected chi connectivity index (χ1v) is 8.01. The maximum atomic E-state index is 11.8. The molecule has 0 N–H and O–H groups in total. The summed E-state index contributed by atoms with van der Waals surface area (Å²) in [7, 11) is 0. The maximum Gasteiger partial charge on any atom is 0.513 e. The summed E-state index contributed by atoms with van der Waals surface area (Å²) in [6.45, 7) is 8.35. The number of pyridine rings is 1. The molecule has 3 rings (SSSR count). The van der Waals surface area contributed by atoms with Crippen molar-refractivity contribution in [3.63, 3.8) is 0 Å². The van der Waals surface area contributed by atoms with Crippen LogP contribution in [0.3, 0.4) is 0 Å². The summed E-state index contributed by atoms with van der Waals surface area (Å²) in [5.41, 5.74) is 2.09. The average molecular weight is 318 g/mol. The fraction of sp³-hybridized carbons (Fsp3) is 0.588. The lowest BCUT2D eigenvalue weighted by atomic mass is 9.89. The molecule has 0 spiro atoms. The molecular weight excluding hydrogens is 296 g/mol. The third kappa shape index (κ3) is 3.63. The fourth-order valence-electron chi connectivity index (χ4n) is 2.52. The van der Waals surface area contributed by atoms with Gasteiger partial charge in [-0.1, -0.05) is 25.9 Å². The molecule has 0 bridgehead atoms. The number of aromatic nitrogens is 2. The van der Waals surface area contributed by atoms with Crippen LogP contribution in [0, 0.1) is 5.41 Å². The minimum Gasteiger partial charge on any atom is -0.434 e. The lowest BCUT2D eigenvalue weighted by Crippen LogP contribution is -2.12. The van der Waals surface area contributed by atoms with Gasteiger partial charge in [0.25, 0.3) is 5.71 Å². The monoisotopic (exact) mass is 318 g/mol. The van der Waals surface area contributed by atoms with Crippen molar-refractivity contribution in [1.29, 1.82) is 0 Å². The Hall–Kier alpha value is -2.11. The van der Waals surface area contributed by atoms with Crippen LogP contribution in [0.5, 0.6) is 5.75 Å². The van der Waals surface area contributed by atoms with Gasteiger partial charge >= 0.3 is 6.16 Å². The fourth-order valence-corrected chi connectivity index (χ4v) is 2.52. The van der Waals surface area contributed by atoms with Gasteiger partial charge in [0.1, 0.15) is 5.39 Å². The molecule has 6 nitrogen and oxygen atoms in total. The summed E-state index contributed by atoms with van der Waals surface area (Å²) in [5.74, 6) is 0.843. The molecule has 0 saturated heterocycles. The Labute approximate surface area is 135 Å². The Bertz CT molecular complexity index is 726. The molecule has 0 atom stereocenters. The van der Waals surface area contributed by atoms with Gasteiger partial charge < -0.3 is 14.0 Å². The van der Waals surface area contributed by atoms with Crippen molar-refractivity contribution in [2.45, 2.75) is 52.9 Å². The van der Waals surface area contributed by atoms with E-state index in [0.29, 0.717) is 29.2 Å². The molecule has 1 fully saturated rings. The van der Waals surface area contributed by atoms with Crippen molar-refractivity contribution in [1.82, 2.24) is 10.1 Å². The summed E-state index contributed by atoms with van der Waals surface area (Å²) in [4.78, 5) is 16.3. The van der Waals surface area contributed by atoms with E-state index in [9.17, 15) is 4.79 Å². The third-order valence-electron chi connectivity index (χ3n) is 3.65. The van der Waals surface area contributed by atoms with Crippen LogP contribution in [0.2, 0.25) is 0 Å². The molecular formula is C17H22N2O4. The summed E-state index contributed by atoms with van der Waals surface area (Å²) in [5, 5.41) is 4.81. The minimum absolute atomic E-state index is 0.0279. The van der Waals surface area contributed by atoms with Gasteiger partial charge in [-0.2, -0.15) is 0 Å². The van der Waals surface area contributed by atoms with E-state index < -0.39 is 6.16 Å². The van der Waals surface area contributed by atoms with Gasteiger partial charge in [0.05, 0.1) is 18.0 Å². The molecule has 1 aliphatic carbocycles. The average Bonchev–Trinajstić information content (AvgIpc) is 3.21. The number of hydrogen-bond donors (Lipinski definition) is 0. The predicted octanol–water partition coefficient (Wildman–Crippen LogP) is 4.22. The van der Waals surface area contributed by atoms with Crippen molar-refractivity contribution in [2.75, 3.05) is 6.61 Å². The molecule has 1 saturated carbocycles. The second kappa shape index (κ2) is 5.83. The van der Waals surface area contributed by atoms with Crippen LogP contribution < -0.4 is 4.74 Å². The van der Waals surface area contributed by atoms with Crippen LogP contribution in [0.4, 0.5) is 4.79 Å². The summed E-state index contributed by atoms with van der Waals surface area (Å²) in [6.07, 6.45) is 2.18. The van der Waals surface area contributed by atoms with Crippen LogP contribution in [0.1, 0.15) is 57.8 Å². The second-order valence-electron chi connectivity index (χ2n) is 7.15. The van der Waals surface area contributed by atoms with E-state index >= 15 is 0 Å². The van der Waals surface area contributed by atoms with E-state index in [1.807, 2.05) is 6.07 Å². The van der Waals surface area contributed by atoms with Crippen molar-refractivity contribution in [3.8, 4) is 5.75 Å². The molecule has 0 radical (unpaired) electrons. The topological polar surface area (TPSA) is 74.5 Å². The third-order valence-corrected chi connectivity index (χ3v) is 3.65. The quantitative estimate of drug-likeness (QED) is 0.786. The molecule has 0 aliphatic heterocycles. The van der Waals surface area contributed by atoms with Crippen molar-refractivity contribution < 1.29 is 18.8 Å². The highest BCUT2D eigenvalue weighted by Gasteiger charge is 2.29. The summed E-state index contributed by atoms with van der Waals surface area (Å²) >= 11 is 0. The Morgan fingerprint density at radius 2 is 2.13 bits per heavy atom. The smallest absolute Gasteiger partial charge is 0.434 e. The molecule has 0 amide bonds. The Morgan fingerprint density at radius 1 is 1.39 bits per heavy atom. The van der Waals surface area contributed by atoms with E-state index in [1.165, 1.54) is 0 Å². The van der Waals surface area contributed by atoms with Gasteiger partial charge in [0.15, 0.2) is 5.75 Å². The molecule has 0 unspecified atom stereocenters. The van der Waals surface area contributed by atoms with Crippen LogP contribution in [0.25, 0.3) is 11.1 Å². The van der Waals surface area contributed by atoms with Gasteiger partial charge in [-0.3, -0.25) is 0 Å². The molecule has 2 aromatic rings. The molecule has 2 heterocycles. The highest BCUT2D eigenvalue weighted by Crippen LogP contribution is 2.42. The van der Waals surface area contributed by atoms with Gasteiger partial charge in [-0.05, 0) is 31.6 Å². The van der Waals surface area contributed by atoms with Gasteiger partial charge in [-0.25, -0.2) is 9.78 Å². The zero-order valence-corrected chi connectivity index (χ0v) is 14.0. The maximum absolute atomic E-state index is 11.8. The van der Waals surface area contributed by atoms with Gasteiger partial charge in [0, 0.05) is 12.0 Å². The van der Waals surface area contributed by atoms with Crippen LogP contribution in [0.15, 0.2) is 10.6 Å². The predicted molar refractivity (Wildman–Crippen MR) is 84.6 cm³/mol. The molecule has 2 aromatic heterocycles. The number of ether oxygens (including phenoxy) is 2. The SMILES string of the molecule is CCOC(=O)Oc1cc(C2CC2)nc2onc(CC(C)(C)C)c12. The molecule has 0 aromatic carbocycles. The lowest BCUT2D eigenvalue weighted by molar-refractivity contribution is 0.105. The largest absolute Gasteiger partial charge is 0.513 e. The standard InChI is InChI=1S/C17H22N2O4/c1-5-21-16(20)22-13-8-11(10-6-7-10)18-15-14(13)12(19-23-15)9-17(2,3)4/h8,10H,5-7,9H2,1-4H3. The molecule has 23 heavy (non-hydrogen) atoms. The Balaban J connectivity index is 2.04. The lowest BCUT2D eigenvalue weighted by Gasteiger charge is -2.16. The van der Waals surface area contributed by atoms with Crippen LogP contribution in [-0.4, -0.2) is 22.9 Å². The summed E-state index contributed by atoms with van der Waals surface area (Å²) < 4.78 is 15.7. The van der Waals surface area contributed by atoms with E-state index in [-0.39, 0.29) is 12.0 Å². The number of rotatable bonds is 4.